The Bertz CT molecular complexity index is 509. The summed E-state index contributed by atoms with van der Waals surface area (Å²) >= 11 is 6.05. The molecule has 2 N–H and O–H groups in total. The number of benzene rings is 1. The van der Waals surface area contributed by atoms with Gasteiger partial charge < -0.3 is 10.6 Å². The number of likely N-dealkylation sites (N-methyl/N-ethyl adjacent to an activating group) is 1. The van der Waals surface area contributed by atoms with Gasteiger partial charge in [-0.15, -0.1) is 0 Å². The molecule has 0 atom stereocenters. The Morgan fingerprint density at radius 1 is 1.45 bits per heavy atom. The zero-order valence-electron chi connectivity index (χ0n) is 12.4. The van der Waals surface area contributed by atoms with Crippen molar-refractivity contribution in [2.24, 2.45) is 11.1 Å². The van der Waals surface area contributed by atoms with Gasteiger partial charge >= 0.3 is 0 Å². The van der Waals surface area contributed by atoms with Gasteiger partial charge in [0.25, 0.3) is 0 Å². The molecule has 1 saturated carbocycles. The van der Waals surface area contributed by atoms with Gasteiger partial charge in [-0.3, -0.25) is 4.79 Å². The average molecular weight is 295 g/mol. The first-order valence-electron chi connectivity index (χ1n) is 7.02. The van der Waals surface area contributed by atoms with Crippen molar-refractivity contribution in [1.82, 2.24) is 4.90 Å². The molecule has 0 heterocycles. The Balaban J connectivity index is 2.16. The van der Waals surface area contributed by atoms with Crippen LogP contribution in [0.25, 0.3) is 0 Å². The third kappa shape index (κ3) is 2.99. The van der Waals surface area contributed by atoms with Crippen molar-refractivity contribution >= 4 is 17.5 Å². The molecule has 4 heteroatoms. The summed E-state index contributed by atoms with van der Waals surface area (Å²) in [5, 5.41) is 0.687. The van der Waals surface area contributed by atoms with E-state index in [2.05, 4.69) is 13.8 Å². The normalized spacial score (nSPS) is 16.9. The van der Waals surface area contributed by atoms with Crippen molar-refractivity contribution in [3.8, 4) is 0 Å². The van der Waals surface area contributed by atoms with Gasteiger partial charge in [0.1, 0.15) is 0 Å². The molecule has 0 aliphatic heterocycles. The summed E-state index contributed by atoms with van der Waals surface area (Å²) in [4.78, 5) is 14.6. The number of nitrogens with zero attached hydrogens (tertiary/aromatic N) is 1. The predicted octanol–water partition coefficient (Wildman–Crippen LogP) is 2.81. The van der Waals surface area contributed by atoms with E-state index in [-0.39, 0.29) is 16.7 Å². The molecular formula is C16H23ClN2O. The number of rotatable bonds is 5. The first-order chi connectivity index (χ1) is 9.31. The first kappa shape index (κ1) is 15.3. The second-order valence-corrected chi connectivity index (χ2v) is 7.06. The van der Waals surface area contributed by atoms with Gasteiger partial charge in [-0.25, -0.2) is 0 Å². The Hall–Kier alpha value is -1.06. The number of halogens is 1. The molecule has 0 unspecified atom stereocenters. The SMILES string of the molecule is CN(CC(C)(C)CN)C(=O)C1(c2cccc(Cl)c2)CC1. The van der Waals surface area contributed by atoms with Crippen LogP contribution in [0.15, 0.2) is 24.3 Å². The van der Waals surface area contributed by atoms with E-state index in [9.17, 15) is 4.79 Å². The number of hydrogen-bond acceptors (Lipinski definition) is 2. The van der Waals surface area contributed by atoms with E-state index in [4.69, 9.17) is 17.3 Å². The summed E-state index contributed by atoms with van der Waals surface area (Å²) in [5.41, 5.74) is 6.37. The number of hydrogen-bond donors (Lipinski definition) is 1. The lowest BCUT2D eigenvalue weighted by molar-refractivity contribution is -0.133. The minimum Gasteiger partial charge on any atom is -0.344 e. The van der Waals surface area contributed by atoms with Crippen molar-refractivity contribution in [2.75, 3.05) is 20.1 Å². The van der Waals surface area contributed by atoms with E-state index in [0.29, 0.717) is 18.1 Å². The molecule has 1 aromatic rings. The van der Waals surface area contributed by atoms with Crippen molar-refractivity contribution < 1.29 is 4.79 Å². The molecule has 1 fully saturated rings. The largest absolute Gasteiger partial charge is 0.344 e. The van der Waals surface area contributed by atoms with Crippen LogP contribution in [0.4, 0.5) is 0 Å². The molecule has 0 bridgehead atoms. The third-order valence-corrected chi connectivity index (χ3v) is 4.34. The highest BCUT2D eigenvalue weighted by Crippen LogP contribution is 2.50. The fourth-order valence-electron chi connectivity index (χ4n) is 2.68. The van der Waals surface area contributed by atoms with E-state index in [0.717, 1.165) is 18.4 Å². The topological polar surface area (TPSA) is 46.3 Å². The van der Waals surface area contributed by atoms with Crippen LogP contribution in [0.1, 0.15) is 32.3 Å². The van der Waals surface area contributed by atoms with Gasteiger partial charge in [-0.2, -0.15) is 0 Å². The van der Waals surface area contributed by atoms with Gasteiger partial charge in [-0.05, 0) is 42.5 Å². The summed E-state index contributed by atoms with van der Waals surface area (Å²) < 4.78 is 0. The molecule has 20 heavy (non-hydrogen) atoms. The Morgan fingerprint density at radius 3 is 2.60 bits per heavy atom. The lowest BCUT2D eigenvalue weighted by atomic mass is 9.90. The number of amides is 1. The van der Waals surface area contributed by atoms with Crippen LogP contribution in [-0.4, -0.2) is 30.9 Å². The molecule has 0 saturated heterocycles. The third-order valence-electron chi connectivity index (χ3n) is 4.10. The molecular weight excluding hydrogens is 272 g/mol. The Morgan fingerprint density at radius 2 is 2.10 bits per heavy atom. The highest BCUT2D eigenvalue weighted by molar-refractivity contribution is 6.30. The van der Waals surface area contributed by atoms with Gasteiger partial charge in [0.15, 0.2) is 0 Å². The van der Waals surface area contributed by atoms with Crippen molar-refractivity contribution in [3.05, 3.63) is 34.9 Å². The molecule has 1 aromatic carbocycles. The molecule has 2 rings (SSSR count). The minimum absolute atomic E-state index is 0.0607. The van der Waals surface area contributed by atoms with E-state index in [1.807, 2.05) is 36.2 Å². The number of carbonyl (C=O) groups excluding carboxylic acids is 1. The quantitative estimate of drug-likeness (QED) is 0.908. The van der Waals surface area contributed by atoms with Gasteiger partial charge in [-0.1, -0.05) is 37.6 Å². The highest BCUT2D eigenvalue weighted by atomic mass is 35.5. The van der Waals surface area contributed by atoms with Crippen LogP contribution in [0, 0.1) is 5.41 Å². The summed E-state index contributed by atoms with van der Waals surface area (Å²) in [6, 6.07) is 7.66. The van der Waals surface area contributed by atoms with Crippen molar-refractivity contribution in [3.63, 3.8) is 0 Å². The molecule has 1 aliphatic rings. The summed E-state index contributed by atoms with van der Waals surface area (Å²) in [6.45, 7) is 5.39. The van der Waals surface area contributed by atoms with Gasteiger partial charge in [0.05, 0.1) is 5.41 Å². The van der Waals surface area contributed by atoms with Gasteiger partial charge in [0.2, 0.25) is 5.91 Å². The monoisotopic (exact) mass is 294 g/mol. The molecule has 0 radical (unpaired) electrons. The van der Waals surface area contributed by atoms with Crippen LogP contribution in [0.5, 0.6) is 0 Å². The summed E-state index contributed by atoms with van der Waals surface area (Å²) in [5.74, 6) is 0.182. The second-order valence-electron chi connectivity index (χ2n) is 6.62. The van der Waals surface area contributed by atoms with Crippen molar-refractivity contribution in [2.45, 2.75) is 32.1 Å². The smallest absolute Gasteiger partial charge is 0.232 e. The molecule has 110 valence electrons. The maximum absolute atomic E-state index is 12.8. The van der Waals surface area contributed by atoms with Crippen LogP contribution in [0.3, 0.4) is 0 Å². The second kappa shape index (κ2) is 5.38. The van der Waals surface area contributed by atoms with Crippen LogP contribution < -0.4 is 5.73 Å². The van der Waals surface area contributed by atoms with Gasteiger partial charge in [0, 0.05) is 18.6 Å². The van der Waals surface area contributed by atoms with Crippen LogP contribution in [0.2, 0.25) is 5.02 Å². The predicted molar refractivity (Wildman–Crippen MR) is 82.8 cm³/mol. The maximum atomic E-state index is 12.8. The highest BCUT2D eigenvalue weighted by Gasteiger charge is 2.52. The number of carbonyl (C=O) groups is 1. The fraction of sp³-hybridized carbons (Fsp3) is 0.562. The lowest BCUT2D eigenvalue weighted by Gasteiger charge is -2.31. The molecule has 0 spiro atoms. The Kier molecular flexibility index (Phi) is 4.12. The molecule has 1 amide bonds. The fourth-order valence-corrected chi connectivity index (χ4v) is 2.87. The lowest BCUT2D eigenvalue weighted by Crippen LogP contribution is -2.44. The average Bonchev–Trinajstić information content (AvgIpc) is 3.19. The summed E-state index contributed by atoms with van der Waals surface area (Å²) in [6.07, 6.45) is 1.80. The first-order valence-corrected chi connectivity index (χ1v) is 7.40. The molecule has 3 nitrogen and oxygen atoms in total. The molecule has 1 aliphatic carbocycles. The summed E-state index contributed by atoms with van der Waals surface area (Å²) in [7, 11) is 1.87. The Labute approximate surface area is 126 Å². The van der Waals surface area contributed by atoms with Crippen LogP contribution in [-0.2, 0) is 10.2 Å². The van der Waals surface area contributed by atoms with Crippen molar-refractivity contribution in [1.29, 1.82) is 0 Å². The maximum Gasteiger partial charge on any atom is 0.232 e. The standard InChI is InChI=1S/C16H23ClN2O/c1-15(2,10-18)11-19(3)14(20)16(7-8-16)12-5-4-6-13(17)9-12/h4-6,9H,7-8,10-11,18H2,1-3H3. The molecule has 0 aromatic heterocycles. The van der Waals surface area contributed by atoms with E-state index in [1.165, 1.54) is 0 Å². The zero-order chi connectivity index (χ0) is 15.0. The number of nitrogens with two attached hydrogens (primary N) is 1. The van der Waals surface area contributed by atoms with E-state index in [1.54, 1.807) is 0 Å². The van der Waals surface area contributed by atoms with E-state index >= 15 is 0 Å². The van der Waals surface area contributed by atoms with Crippen LogP contribution >= 0.6 is 11.6 Å². The van der Waals surface area contributed by atoms with E-state index < -0.39 is 0 Å². The minimum atomic E-state index is -0.357. The zero-order valence-corrected chi connectivity index (χ0v) is 13.2.